The Kier molecular flexibility index (Phi) is 2.68. The molecule has 1 saturated heterocycles. The molecule has 2 atom stereocenters. The van der Waals surface area contributed by atoms with Gasteiger partial charge in [-0.1, -0.05) is 18.2 Å². The zero-order chi connectivity index (χ0) is 11.9. The van der Waals surface area contributed by atoms with Crippen LogP contribution in [0.2, 0.25) is 0 Å². The molecule has 2 nitrogen and oxygen atoms in total. The van der Waals surface area contributed by atoms with Crippen LogP contribution in [0.25, 0.3) is 0 Å². The molecule has 1 aromatic rings. The fraction of sp³-hybridized carbons (Fsp3) is 0.571. The van der Waals surface area contributed by atoms with Crippen molar-refractivity contribution < 1.29 is 9.13 Å². The van der Waals surface area contributed by atoms with E-state index in [0.717, 1.165) is 31.4 Å². The topological polar surface area (TPSA) is 21.3 Å². The largest absolute Gasteiger partial charge is 0.377 e. The molecular formula is C14H18FNO. The van der Waals surface area contributed by atoms with Gasteiger partial charge in [-0.25, -0.2) is 4.39 Å². The van der Waals surface area contributed by atoms with Crippen LogP contribution < -0.4 is 5.32 Å². The van der Waals surface area contributed by atoms with E-state index in [4.69, 9.17) is 4.74 Å². The quantitative estimate of drug-likeness (QED) is 0.869. The highest BCUT2D eigenvalue weighted by molar-refractivity contribution is 5.31. The van der Waals surface area contributed by atoms with Crippen LogP contribution in [-0.2, 0) is 10.3 Å². The fourth-order valence-corrected chi connectivity index (χ4v) is 2.74. The first-order valence-electron chi connectivity index (χ1n) is 6.36. The maximum atomic E-state index is 13.8. The summed E-state index contributed by atoms with van der Waals surface area (Å²) < 4.78 is 19.4. The lowest BCUT2D eigenvalue weighted by Gasteiger charge is -2.25. The first kappa shape index (κ1) is 11.2. The molecule has 1 aromatic carbocycles. The van der Waals surface area contributed by atoms with E-state index in [2.05, 4.69) is 12.2 Å². The second-order valence-electron chi connectivity index (χ2n) is 5.18. The van der Waals surface area contributed by atoms with Crippen molar-refractivity contribution in [3.8, 4) is 0 Å². The standard InChI is InChI=1S/C14H18FNO/c1-10-13(6-9-17-10)16-14(7-8-14)11-4-2-3-5-12(11)15/h2-5,10,13,16H,6-9H2,1H3/t10-,13-/m1/s1. The first-order chi connectivity index (χ1) is 8.21. The minimum Gasteiger partial charge on any atom is -0.377 e. The molecule has 0 bridgehead atoms. The molecule has 1 aliphatic carbocycles. The normalized spacial score (nSPS) is 30.5. The third-order valence-corrected chi connectivity index (χ3v) is 3.98. The van der Waals surface area contributed by atoms with Crippen molar-refractivity contribution in [1.82, 2.24) is 5.32 Å². The predicted molar refractivity (Wildman–Crippen MR) is 64.3 cm³/mol. The van der Waals surface area contributed by atoms with Crippen LogP contribution in [0, 0.1) is 5.82 Å². The number of hydrogen-bond acceptors (Lipinski definition) is 2. The van der Waals surface area contributed by atoms with Crippen LogP contribution in [-0.4, -0.2) is 18.8 Å². The van der Waals surface area contributed by atoms with Crippen LogP contribution >= 0.6 is 0 Å². The highest BCUT2D eigenvalue weighted by Gasteiger charge is 2.48. The Labute approximate surface area is 101 Å². The van der Waals surface area contributed by atoms with E-state index >= 15 is 0 Å². The van der Waals surface area contributed by atoms with E-state index < -0.39 is 0 Å². The Bertz CT molecular complexity index is 416. The molecule has 92 valence electrons. The lowest BCUT2D eigenvalue weighted by molar-refractivity contribution is 0.109. The van der Waals surface area contributed by atoms with Crippen molar-refractivity contribution in [3.05, 3.63) is 35.6 Å². The van der Waals surface area contributed by atoms with Crippen LogP contribution in [0.5, 0.6) is 0 Å². The van der Waals surface area contributed by atoms with Gasteiger partial charge in [0.2, 0.25) is 0 Å². The Morgan fingerprint density at radius 2 is 2.12 bits per heavy atom. The smallest absolute Gasteiger partial charge is 0.128 e. The summed E-state index contributed by atoms with van der Waals surface area (Å²) in [4.78, 5) is 0. The number of halogens is 1. The van der Waals surface area contributed by atoms with Crippen molar-refractivity contribution >= 4 is 0 Å². The molecule has 0 spiro atoms. The summed E-state index contributed by atoms with van der Waals surface area (Å²) in [5.41, 5.74) is 0.692. The molecule has 17 heavy (non-hydrogen) atoms. The minimum atomic E-state index is -0.127. The molecule has 2 fully saturated rings. The molecule has 0 radical (unpaired) electrons. The lowest BCUT2D eigenvalue weighted by Crippen LogP contribution is -2.42. The molecule has 1 N–H and O–H groups in total. The van der Waals surface area contributed by atoms with Gasteiger partial charge >= 0.3 is 0 Å². The van der Waals surface area contributed by atoms with Crippen LogP contribution in [0.4, 0.5) is 4.39 Å². The van der Waals surface area contributed by atoms with Gasteiger partial charge in [-0.05, 0) is 32.3 Å². The number of hydrogen-bond donors (Lipinski definition) is 1. The molecule has 1 heterocycles. The Balaban J connectivity index is 1.80. The molecule has 0 amide bonds. The number of benzene rings is 1. The van der Waals surface area contributed by atoms with Gasteiger partial charge in [0.1, 0.15) is 5.82 Å². The van der Waals surface area contributed by atoms with E-state index in [9.17, 15) is 4.39 Å². The minimum absolute atomic E-state index is 0.0935. The van der Waals surface area contributed by atoms with Gasteiger partial charge < -0.3 is 10.1 Å². The second kappa shape index (κ2) is 4.07. The zero-order valence-corrected chi connectivity index (χ0v) is 10.1. The number of rotatable bonds is 3. The summed E-state index contributed by atoms with van der Waals surface area (Å²) in [7, 11) is 0. The maximum absolute atomic E-state index is 13.8. The molecule has 2 aliphatic rings. The van der Waals surface area contributed by atoms with Crippen molar-refractivity contribution in [2.75, 3.05) is 6.61 Å². The van der Waals surface area contributed by atoms with Gasteiger partial charge in [0, 0.05) is 23.8 Å². The molecular weight excluding hydrogens is 217 g/mol. The zero-order valence-electron chi connectivity index (χ0n) is 10.1. The summed E-state index contributed by atoms with van der Waals surface area (Å²) in [6.07, 6.45) is 3.31. The molecule has 1 saturated carbocycles. The summed E-state index contributed by atoms with van der Waals surface area (Å²) >= 11 is 0. The van der Waals surface area contributed by atoms with Gasteiger partial charge in [0.25, 0.3) is 0 Å². The Morgan fingerprint density at radius 3 is 2.71 bits per heavy atom. The van der Waals surface area contributed by atoms with Gasteiger partial charge in [0.15, 0.2) is 0 Å². The maximum Gasteiger partial charge on any atom is 0.128 e. The molecule has 3 heteroatoms. The second-order valence-corrected chi connectivity index (χ2v) is 5.18. The predicted octanol–water partition coefficient (Wildman–Crippen LogP) is 2.58. The summed E-state index contributed by atoms with van der Waals surface area (Å²) in [5, 5.41) is 3.61. The molecule has 0 aromatic heterocycles. The van der Waals surface area contributed by atoms with Crippen molar-refractivity contribution in [1.29, 1.82) is 0 Å². The third kappa shape index (κ3) is 1.98. The number of nitrogens with one attached hydrogen (secondary N) is 1. The summed E-state index contributed by atoms with van der Waals surface area (Å²) in [5.74, 6) is -0.0935. The van der Waals surface area contributed by atoms with Gasteiger partial charge in [-0.2, -0.15) is 0 Å². The number of ether oxygens (including phenoxy) is 1. The lowest BCUT2D eigenvalue weighted by atomic mass is 10.0. The SMILES string of the molecule is C[C@H]1OCC[C@H]1NC1(c2ccccc2F)CC1. The highest BCUT2D eigenvalue weighted by Crippen LogP contribution is 2.47. The van der Waals surface area contributed by atoms with E-state index in [1.807, 2.05) is 12.1 Å². The molecule has 0 unspecified atom stereocenters. The van der Waals surface area contributed by atoms with E-state index in [-0.39, 0.29) is 17.5 Å². The van der Waals surface area contributed by atoms with E-state index in [0.29, 0.717) is 6.04 Å². The fourth-order valence-electron chi connectivity index (χ4n) is 2.74. The van der Waals surface area contributed by atoms with Gasteiger partial charge in [-0.15, -0.1) is 0 Å². The van der Waals surface area contributed by atoms with Crippen molar-refractivity contribution in [2.24, 2.45) is 0 Å². The van der Waals surface area contributed by atoms with Gasteiger partial charge in [-0.3, -0.25) is 0 Å². The average Bonchev–Trinajstić information content (AvgIpc) is 2.99. The van der Waals surface area contributed by atoms with E-state index in [1.165, 1.54) is 0 Å². The Hall–Kier alpha value is -0.930. The van der Waals surface area contributed by atoms with Crippen molar-refractivity contribution in [2.45, 2.75) is 43.9 Å². The monoisotopic (exact) mass is 235 g/mol. The van der Waals surface area contributed by atoms with Crippen LogP contribution in [0.1, 0.15) is 31.7 Å². The molecule has 3 rings (SSSR count). The van der Waals surface area contributed by atoms with Crippen molar-refractivity contribution in [3.63, 3.8) is 0 Å². The van der Waals surface area contributed by atoms with Crippen LogP contribution in [0.15, 0.2) is 24.3 Å². The Morgan fingerprint density at radius 1 is 1.35 bits per heavy atom. The van der Waals surface area contributed by atoms with Crippen LogP contribution in [0.3, 0.4) is 0 Å². The summed E-state index contributed by atoms with van der Waals surface area (Å²) in [6, 6.07) is 7.46. The molecule has 1 aliphatic heterocycles. The van der Waals surface area contributed by atoms with E-state index in [1.54, 1.807) is 12.1 Å². The average molecular weight is 235 g/mol. The summed E-state index contributed by atoms with van der Waals surface area (Å²) in [6.45, 7) is 2.90. The third-order valence-electron chi connectivity index (χ3n) is 3.98. The first-order valence-corrected chi connectivity index (χ1v) is 6.36. The van der Waals surface area contributed by atoms with Gasteiger partial charge in [0.05, 0.1) is 6.10 Å². The highest BCUT2D eigenvalue weighted by atomic mass is 19.1.